The number of hydrogen-bond acceptors (Lipinski definition) is 2. The van der Waals surface area contributed by atoms with Crippen LogP contribution in [0, 0.1) is 3.57 Å². The van der Waals surface area contributed by atoms with E-state index in [-0.39, 0.29) is 0 Å². The van der Waals surface area contributed by atoms with Gasteiger partial charge in [0.1, 0.15) is 5.75 Å². The van der Waals surface area contributed by atoms with Crippen molar-refractivity contribution in [3.05, 3.63) is 21.3 Å². The van der Waals surface area contributed by atoms with Crippen LogP contribution < -0.4 is 10.5 Å². The molecule has 1 aliphatic heterocycles. The first-order valence-corrected chi connectivity index (χ1v) is 4.56. The number of anilines is 1. The highest BCUT2D eigenvalue weighted by atomic mass is 127. The Morgan fingerprint density at radius 2 is 2.27 bits per heavy atom. The third kappa shape index (κ3) is 1.17. The Morgan fingerprint density at radius 3 is 3.09 bits per heavy atom. The van der Waals surface area contributed by atoms with E-state index >= 15 is 0 Å². The van der Waals surface area contributed by atoms with E-state index in [9.17, 15) is 0 Å². The maximum Gasteiger partial charge on any atom is 0.123 e. The Morgan fingerprint density at radius 1 is 1.45 bits per heavy atom. The van der Waals surface area contributed by atoms with Crippen LogP contribution >= 0.6 is 22.6 Å². The first-order valence-electron chi connectivity index (χ1n) is 3.48. The molecule has 0 unspecified atom stereocenters. The van der Waals surface area contributed by atoms with Crippen molar-refractivity contribution in [3.63, 3.8) is 0 Å². The zero-order valence-corrected chi connectivity index (χ0v) is 8.09. The number of benzene rings is 1. The van der Waals surface area contributed by atoms with Crippen LogP contribution in [-0.4, -0.2) is 6.61 Å². The van der Waals surface area contributed by atoms with E-state index < -0.39 is 0 Å². The molecule has 1 aliphatic rings. The predicted octanol–water partition coefficient (Wildman–Crippen LogP) is 1.81. The standard InChI is InChI=1S/C8H8INO/c9-6-4-8-5(1-2-11-8)3-7(6)10/h3-4H,1-2,10H2. The summed E-state index contributed by atoms with van der Waals surface area (Å²) in [7, 11) is 0. The van der Waals surface area contributed by atoms with E-state index in [0.717, 1.165) is 28.0 Å². The highest BCUT2D eigenvalue weighted by Crippen LogP contribution is 2.30. The minimum absolute atomic E-state index is 0.800. The van der Waals surface area contributed by atoms with Crippen molar-refractivity contribution in [2.75, 3.05) is 12.3 Å². The second-order valence-electron chi connectivity index (χ2n) is 2.58. The van der Waals surface area contributed by atoms with E-state index in [2.05, 4.69) is 22.6 Å². The molecule has 1 heterocycles. The van der Waals surface area contributed by atoms with Crippen molar-refractivity contribution in [2.45, 2.75) is 6.42 Å². The Balaban J connectivity index is 2.57. The van der Waals surface area contributed by atoms with Crippen molar-refractivity contribution >= 4 is 28.3 Å². The van der Waals surface area contributed by atoms with Crippen LogP contribution in [0.1, 0.15) is 5.56 Å². The molecule has 0 spiro atoms. The second-order valence-corrected chi connectivity index (χ2v) is 3.74. The highest BCUT2D eigenvalue weighted by Gasteiger charge is 2.13. The monoisotopic (exact) mass is 261 g/mol. The van der Waals surface area contributed by atoms with Gasteiger partial charge in [-0.3, -0.25) is 0 Å². The molecule has 0 aromatic heterocycles. The van der Waals surface area contributed by atoms with Crippen molar-refractivity contribution in [2.24, 2.45) is 0 Å². The number of fused-ring (bicyclic) bond motifs is 1. The van der Waals surface area contributed by atoms with E-state index in [0.29, 0.717) is 0 Å². The molecule has 0 saturated carbocycles. The zero-order chi connectivity index (χ0) is 7.84. The van der Waals surface area contributed by atoms with Crippen LogP contribution in [0.4, 0.5) is 5.69 Å². The lowest BCUT2D eigenvalue weighted by Gasteiger charge is -2.01. The van der Waals surface area contributed by atoms with Gasteiger partial charge < -0.3 is 10.5 Å². The minimum atomic E-state index is 0.800. The van der Waals surface area contributed by atoms with Gasteiger partial charge in [-0.05, 0) is 40.3 Å². The summed E-state index contributed by atoms with van der Waals surface area (Å²) in [5.74, 6) is 1.00. The summed E-state index contributed by atoms with van der Waals surface area (Å²) in [6, 6.07) is 4.00. The lowest BCUT2D eigenvalue weighted by Crippen LogP contribution is -1.90. The molecule has 0 fully saturated rings. The van der Waals surface area contributed by atoms with E-state index in [1.165, 1.54) is 5.56 Å². The lowest BCUT2D eigenvalue weighted by molar-refractivity contribution is 0.356. The van der Waals surface area contributed by atoms with Gasteiger partial charge in [0.15, 0.2) is 0 Å². The summed E-state index contributed by atoms with van der Waals surface area (Å²) in [5.41, 5.74) is 7.82. The molecule has 58 valence electrons. The summed E-state index contributed by atoms with van der Waals surface area (Å²) in [4.78, 5) is 0. The largest absolute Gasteiger partial charge is 0.493 e. The Bertz CT molecular complexity index is 269. The fourth-order valence-corrected chi connectivity index (χ4v) is 1.66. The number of halogens is 1. The van der Waals surface area contributed by atoms with E-state index in [4.69, 9.17) is 10.5 Å². The Labute approximate surface area is 78.9 Å². The van der Waals surface area contributed by atoms with Gasteiger partial charge in [-0.2, -0.15) is 0 Å². The summed E-state index contributed by atoms with van der Waals surface area (Å²) in [6.07, 6.45) is 0.996. The first-order chi connectivity index (χ1) is 5.27. The average Bonchev–Trinajstić information content (AvgIpc) is 2.36. The van der Waals surface area contributed by atoms with Gasteiger partial charge in [0.2, 0.25) is 0 Å². The average molecular weight is 261 g/mol. The fourth-order valence-electron chi connectivity index (χ4n) is 1.22. The van der Waals surface area contributed by atoms with Gasteiger partial charge in [0.25, 0.3) is 0 Å². The van der Waals surface area contributed by atoms with Crippen LogP contribution in [-0.2, 0) is 6.42 Å². The number of nitrogen functional groups attached to an aromatic ring is 1. The maximum absolute atomic E-state index is 5.73. The molecular weight excluding hydrogens is 253 g/mol. The van der Waals surface area contributed by atoms with Crippen molar-refractivity contribution < 1.29 is 4.74 Å². The molecule has 3 heteroatoms. The molecule has 2 rings (SSSR count). The summed E-state index contributed by atoms with van der Waals surface area (Å²) < 4.78 is 6.45. The molecule has 1 aromatic rings. The van der Waals surface area contributed by atoms with Crippen LogP contribution in [0.15, 0.2) is 12.1 Å². The molecule has 11 heavy (non-hydrogen) atoms. The number of nitrogens with two attached hydrogens (primary N) is 1. The third-order valence-corrected chi connectivity index (χ3v) is 2.74. The van der Waals surface area contributed by atoms with Crippen LogP contribution in [0.5, 0.6) is 5.75 Å². The SMILES string of the molecule is Nc1cc2c(cc1I)OCC2. The molecule has 0 radical (unpaired) electrons. The lowest BCUT2D eigenvalue weighted by atomic mass is 10.1. The van der Waals surface area contributed by atoms with Gasteiger partial charge in [-0.1, -0.05) is 0 Å². The molecule has 2 nitrogen and oxygen atoms in total. The molecule has 0 amide bonds. The third-order valence-electron chi connectivity index (χ3n) is 1.81. The van der Waals surface area contributed by atoms with Crippen molar-refractivity contribution in [1.82, 2.24) is 0 Å². The van der Waals surface area contributed by atoms with Gasteiger partial charge in [0, 0.05) is 15.7 Å². The molecule has 2 N–H and O–H groups in total. The minimum Gasteiger partial charge on any atom is -0.493 e. The summed E-state index contributed by atoms with van der Waals surface area (Å²) in [6.45, 7) is 0.800. The van der Waals surface area contributed by atoms with Crippen molar-refractivity contribution in [1.29, 1.82) is 0 Å². The fraction of sp³-hybridized carbons (Fsp3) is 0.250. The maximum atomic E-state index is 5.73. The Hall–Kier alpha value is -0.450. The zero-order valence-electron chi connectivity index (χ0n) is 5.93. The first kappa shape index (κ1) is 7.21. The summed E-state index contributed by atoms with van der Waals surface area (Å²) >= 11 is 2.21. The van der Waals surface area contributed by atoms with Gasteiger partial charge in [0.05, 0.1) is 6.61 Å². The van der Waals surface area contributed by atoms with E-state index in [1.54, 1.807) is 0 Å². The van der Waals surface area contributed by atoms with Crippen molar-refractivity contribution in [3.8, 4) is 5.75 Å². The summed E-state index contributed by atoms with van der Waals surface area (Å²) in [5, 5.41) is 0. The number of hydrogen-bond donors (Lipinski definition) is 1. The Kier molecular flexibility index (Phi) is 1.67. The van der Waals surface area contributed by atoms with Gasteiger partial charge >= 0.3 is 0 Å². The van der Waals surface area contributed by atoms with Gasteiger partial charge in [-0.25, -0.2) is 0 Å². The quantitative estimate of drug-likeness (QED) is 0.571. The van der Waals surface area contributed by atoms with Gasteiger partial charge in [-0.15, -0.1) is 0 Å². The van der Waals surface area contributed by atoms with Crippen LogP contribution in [0.3, 0.4) is 0 Å². The topological polar surface area (TPSA) is 35.2 Å². The number of rotatable bonds is 0. The molecule has 0 atom stereocenters. The highest BCUT2D eigenvalue weighted by molar-refractivity contribution is 14.1. The molecule has 0 bridgehead atoms. The number of ether oxygens (including phenoxy) is 1. The smallest absolute Gasteiger partial charge is 0.123 e. The molecular formula is C8H8INO. The van der Waals surface area contributed by atoms with E-state index in [1.807, 2.05) is 12.1 Å². The molecule has 0 aliphatic carbocycles. The molecule has 0 saturated heterocycles. The van der Waals surface area contributed by atoms with Crippen LogP contribution in [0.25, 0.3) is 0 Å². The normalized spacial score (nSPS) is 14.3. The second kappa shape index (κ2) is 2.55. The molecule has 1 aromatic carbocycles. The van der Waals surface area contributed by atoms with Crippen LogP contribution in [0.2, 0.25) is 0 Å². The predicted molar refractivity (Wildman–Crippen MR) is 52.8 cm³/mol.